The van der Waals surface area contributed by atoms with Crippen molar-refractivity contribution in [1.82, 2.24) is 0 Å². The zero-order valence-electron chi connectivity index (χ0n) is 22.6. The van der Waals surface area contributed by atoms with Crippen molar-refractivity contribution in [2.75, 3.05) is 10.6 Å². The first-order chi connectivity index (χ1) is 18.3. The molecule has 1 unspecified atom stereocenters. The molecule has 1 aliphatic heterocycles. The summed E-state index contributed by atoms with van der Waals surface area (Å²) in [6, 6.07) is 11.9. The molecule has 10 heteroatoms. The lowest BCUT2D eigenvalue weighted by Crippen LogP contribution is -2.43. The second-order valence-corrected chi connectivity index (χ2v) is 13.4. The van der Waals surface area contributed by atoms with E-state index in [-0.39, 0.29) is 33.5 Å². The second-order valence-electron chi connectivity index (χ2n) is 11.7. The molecule has 2 aliphatic carbocycles. The van der Waals surface area contributed by atoms with E-state index < -0.39 is 27.9 Å². The van der Waals surface area contributed by atoms with E-state index in [0.29, 0.717) is 23.6 Å². The summed E-state index contributed by atoms with van der Waals surface area (Å²) < 4.78 is 31.5. The average molecular weight is 554 g/mol. The number of ether oxygens (including phenoxy) is 1. The number of nitrogens with one attached hydrogen (secondary N) is 2. The lowest BCUT2D eigenvalue weighted by atomic mass is 9.65. The zero-order valence-corrected chi connectivity index (χ0v) is 23.4. The van der Waals surface area contributed by atoms with Crippen LogP contribution < -0.4 is 10.6 Å². The topological polar surface area (TPSA) is 140 Å². The molecule has 2 aromatic rings. The molecule has 208 valence electrons. The standard InChI is InChI=1S/C29H35N3O6S/c1-28(2,3)38-27(35)30-18-13-14-21-22(15-18)39(36,37)32-26(31-21)23-24(33)19-11-7-8-12-20(19)29(4,25(23)34)16-17-9-5-6-10-17/h7-8,11-15,17,33,36-37H,5-6,9-10,16H2,1-4H3,(H,30,35)(H,31,32). The first kappa shape index (κ1) is 27.2. The number of hydrogen-bond acceptors (Lipinski definition) is 8. The first-order valence-electron chi connectivity index (χ1n) is 13.2. The van der Waals surface area contributed by atoms with Crippen molar-refractivity contribution in [3.63, 3.8) is 0 Å². The molecule has 1 amide bonds. The molecule has 1 saturated carbocycles. The van der Waals surface area contributed by atoms with Gasteiger partial charge in [-0.25, -0.2) is 4.79 Å². The van der Waals surface area contributed by atoms with E-state index in [4.69, 9.17) is 4.74 Å². The Balaban J connectivity index is 1.51. The summed E-state index contributed by atoms with van der Waals surface area (Å²) in [6.45, 7) is 7.13. The number of aliphatic hydroxyl groups excluding tert-OH is 1. The number of fused-ring (bicyclic) bond motifs is 2. The Morgan fingerprint density at radius 3 is 2.56 bits per heavy atom. The van der Waals surface area contributed by atoms with E-state index >= 15 is 0 Å². The van der Waals surface area contributed by atoms with E-state index in [1.807, 2.05) is 19.1 Å². The number of nitrogens with zero attached hydrogens (tertiary/aromatic N) is 1. The number of anilines is 2. The molecule has 1 fully saturated rings. The molecule has 0 saturated heterocycles. The summed E-state index contributed by atoms with van der Waals surface area (Å²) in [5.74, 6) is -0.247. The van der Waals surface area contributed by atoms with E-state index in [1.165, 1.54) is 6.07 Å². The normalized spacial score (nSPS) is 23.3. The van der Waals surface area contributed by atoms with Gasteiger partial charge in [-0.3, -0.25) is 19.2 Å². The van der Waals surface area contributed by atoms with E-state index in [9.17, 15) is 23.8 Å². The van der Waals surface area contributed by atoms with Gasteiger partial charge in [-0.15, -0.1) is 4.40 Å². The summed E-state index contributed by atoms with van der Waals surface area (Å²) in [5.41, 5.74) is 0.240. The van der Waals surface area contributed by atoms with Crippen LogP contribution in [-0.2, 0) is 14.9 Å². The minimum Gasteiger partial charge on any atom is -0.506 e. The maximum atomic E-state index is 14.2. The highest BCUT2D eigenvalue weighted by Crippen LogP contribution is 2.57. The zero-order chi connectivity index (χ0) is 28.2. The van der Waals surface area contributed by atoms with Gasteiger partial charge in [0.15, 0.2) is 11.6 Å². The Morgan fingerprint density at radius 2 is 1.87 bits per heavy atom. The highest BCUT2D eigenvalue weighted by Gasteiger charge is 2.47. The summed E-state index contributed by atoms with van der Waals surface area (Å²) in [7, 11) is -3.78. The SMILES string of the molecule is CC(C)(C)OC(=O)Nc1ccc2c(c1)S(O)(O)N=C(C1=C(O)c3ccccc3C(C)(CC3CCCC3)C1=O)N2. The number of benzene rings is 2. The van der Waals surface area contributed by atoms with Crippen LogP contribution in [-0.4, -0.2) is 37.5 Å². The third-order valence-electron chi connectivity index (χ3n) is 7.54. The van der Waals surface area contributed by atoms with Crippen LogP contribution in [0.3, 0.4) is 0 Å². The summed E-state index contributed by atoms with van der Waals surface area (Å²) >= 11 is 0. The third kappa shape index (κ3) is 5.16. The fourth-order valence-corrected chi connectivity index (χ4v) is 7.00. The fourth-order valence-electron chi connectivity index (χ4n) is 5.81. The molecule has 3 aliphatic rings. The molecule has 0 aromatic heterocycles. The molecule has 1 heterocycles. The quantitative estimate of drug-likeness (QED) is 0.268. The highest BCUT2D eigenvalue weighted by molar-refractivity contribution is 8.23. The van der Waals surface area contributed by atoms with Gasteiger partial charge in [-0.1, -0.05) is 60.7 Å². The number of hydrogen-bond donors (Lipinski definition) is 5. The Morgan fingerprint density at radius 1 is 1.18 bits per heavy atom. The van der Waals surface area contributed by atoms with Gasteiger partial charge < -0.3 is 15.2 Å². The molecular formula is C29H35N3O6S. The van der Waals surface area contributed by atoms with E-state index in [2.05, 4.69) is 15.0 Å². The summed E-state index contributed by atoms with van der Waals surface area (Å²) in [6.07, 6.45) is 4.35. The highest BCUT2D eigenvalue weighted by atomic mass is 32.3. The molecule has 0 radical (unpaired) electrons. The van der Waals surface area contributed by atoms with Crippen molar-refractivity contribution in [2.45, 2.75) is 75.7 Å². The van der Waals surface area contributed by atoms with Gasteiger partial charge in [0, 0.05) is 11.3 Å². The Kier molecular flexibility index (Phi) is 6.77. The van der Waals surface area contributed by atoms with Crippen LogP contribution in [0, 0.1) is 5.92 Å². The summed E-state index contributed by atoms with van der Waals surface area (Å²) in [5, 5.41) is 16.9. The molecule has 1 atom stereocenters. The van der Waals surface area contributed by atoms with Crippen molar-refractivity contribution < 1.29 is 28.5 Å². The van der Waals surface area contributed by atoms with Gasteiger partial charge in [-0.2, -0.15) is 0 Å². The number of carbonyl (C=O) groups excluding carboxylic acids is 2. The number of amides is 1. The predicted molar refractivity (Wildman–Crippen MR) is 153 cm³/mol. The molecule has 0 spiro atoms. The van der Waals surface area contributed by atoms with Gasteiger partial charge in [0.1, 0.15) is 21.8 Å². The maximum absolute atomic E-state index is 14.2. The van der Waals surface area contributed by atoms with Crippen molar-refractivity contribution in [3.8, 4) is 0 Å². The molecular weight excluding hydrogens is 518 g/mol. The van der Waals surface area contributed by atoms with Gasteiger partial charge >= 0.3 is 6.09 Å². The number of rotatable bonds is 4. The van der Waals surface area contributed by atoms with Gasteiger partial charge in [0.05, 0.1) is 11.1 Å². The third-order valence-corrected chi connectivity index (χ3v) is 8.91. The smallest absolute Gasteiger partial charge is 0.412 e. The number of carbonyl (C=O) groups is 2. The van der Waals surface area contributed by atoms with Crippen molar-refractivity contribution in [1.29, 1.82) is 0 Å². The van der Waals surface area contributed by atoms with Crippen molar-refractivity contribution in [2.24, 2.45) is 10.3 Å². The van der Waals surface area contributed by atoms with Crippen molar-refractivity contribution in [3.05, 3.63) is 59.2 Å². The number of ketones is 1. The summed E-state index contributed by atoms with van der Waals surface area (Å²) in [4.78, 5) is 26.4. The molecule has 9 nitrogen and oxygen atoms in total. The van der Waals surface area contributed by atoms with E-state index in [1.54, 1.807) is 45.0 Å². The number of amidine groups is 1. The largest absolute Gasteiger partial charge is 0.506 e. The Labute approximate surface area is 229 Å². The van der Waals surface area contributed by atoms with Crippen molar-refractivity contribution >= 4 is 45.6 Å². The first-order valence-corrected chi connectivity index (χ1v) is 14.7. The van der Waals surface area contributed by atoms with Gasteiger partial charge in [0.2, 0.25) is 0 Å². The van der Waals surface area contributed by atoms with Crippen LogP contribution in [0.15, 0.2) is 57.3 Å². The van der Waals surface area contributed by atoms with Crippen LogP contribution in [0.1, 0.15) is 70.9 Å². The lowest BCUT2D eigenvalue weighted by Gasteiger charge is -2.39. The lowest BCUT2D eigenvalue weighted by molar-refractivity contribution is -0.120. The van der Waals surface area contributed by atoms with E-state index in [0.717, 1.165) is 31.2 Å². The predicted octanol–water partition coefficient (Wildman–Crippen LogP) is 7.27. The minimum absolute atomic E-state index is 0.0530. The molecule has 0 bridgehead atoms. The average Bonchev–Trinajstić information content (AvgIpc) is 3.35. The fraction of sp³-hybridized carbons (Fsp3) is 0.414. The van der Waals surface area contributed by atoms with Crippen LogP contribution in [0.4, 0.5) is 16.2 Å². The molecule has 2 aromatic carbocycles. The van der Waals surface area contributed by atoms with Crippen LogP contribution in [0.2, 0.25) is 0 Å². The monoisotopic (exact) mass is 553 g/mol. The van der Waals surface area contributed by atoms with Gasteiger partial charge in [-0.05, 0) is 63.8 Å². The number of Topliss-reactive ketones (excluding diaryl/α,β-unsaturated/α-hetero) is 1. The van der Waals surface area contributed by atoms with Crippen LogP contribution >= 0.6 is 10.8 Å². The second kappa shape index (κ2) is 9.69. The van der Waals surface area contributed by atoms with Gasteiger partial charge in [0.25, 0.3) is 0 Å². The number of aliphatic hydroxyl groups is 1. The molecule has 5 rings (SSSR count). The minimum atomic E-state index is -3.78. The Hall–Kier alpha value is -3.34. The Bertz CT molecular complexity index is 1400. The maximum Gasteiger partial charge on any atom is 0.412 e. The molecule has 39 heavy (non-hydrogen) atoms. The molecule has 5 N–H and O–H groups in total. The van der Waals surface area contributed by atoms with Crippen LogP contribution in [0.25, 0.3) is 5.76 Å². The van der Waals surface area contributed by atoms with Crippen LogP contribution in [0.5, 0.6) is 0 Å².